The van der Waals surface area contributed by atoms with Crippen molar-refractivity contribution in [2.24, 2.45) is 5.73 Å². The molecular weight excluding hydrogens is 244 g/mol. The van der Waals surface area contributed by atoms with Crippen LogP contribution in [0.3, 0.4) is 0 Å². The molecule has 102 valence electrons. The Morgan fingerprint density at radius 3 is 2.47 bits per heavy atom. The van der Waals surface area contributed by atoms with Crippen LogP contribution in [-0.4, -0.2) is 15.3 Å². The lowest BCUT2D eigenvalue weighted by molar-refractivity contribution is 0.333. The first-order valence-corrected chi connectivity index (χ1v) is 6.74. The first-order chi connectivity index (χ1) is 9.17. The zero-order valence-corrected chi connectivity index (χ0v) is 11.1. The summed E-state index contributed by atoms with van der Waals surface area (Å²) in [6.07, 6.45) is 6.50. The summed E-state index contributed by atoms with van der Waals surface area (Å²) in [7, 11) is 0. The van der Waals surface area contributed by atoms with E-state index in [9.17, 15) is 0 Å². The number of hydrogen-bond acceptors (Lipinski definition) is 6. The van der Waals surface area contributed by atoms with Crippen molar-refractivity contribution in [2.45, 2.75) is 51.0 Å². The van der Waals surface area contributed by atoms with Crippen LogP contribution in [-0.2, 0) is 5.54 Å². The van der Waals surface area contributed by atoms with Crippen LogP contribution in [0.25, 0.3) is 11.6 Å². The molecule has 2 aromatic rings. The molecule has 0 aromatic carbocycles. The van der Waals surface area contributed by atoms with Gasteiger partial charge < -0.3 is 14.8 Å². The molecule has 0 saturated heterocycles. The summed E-state index contributed by atoms with van der Waals surface area (Å²) in [5.74, 6) is 1.68. The van der Waals surface area contributed by atoms with Crippen molar-refractivity contribution in [3.63, 3.8) is 0 Å². The quantitative estimate of drug-likeness (QED) is 0.836. The Balaban J connectivity index is 1.87. The molecule has 0 bridgehead atoms. The van der Waals surface area contributed by atoms with E-state index in [0.717, 1.165) is 25.7 Å². The Hall–Kier alpha value is -1.69. The van der Waals surface area contributed by atoms with Crippen molar-refractivity contribution >= 4 is 0 Å². The van der Waals surface area contributed by atoms with Gasteiger partial charge in [0.2, 0.25) is 0 Å². The van der Waals surface area contributed by atoms with Gasteiger partial charge >= 0.3 is 0 Å². The van der Waals surface area contributed by atoms with E-state index in [1.165, 1.54) is 12.8 Å². The Bertz CT molecular complexity index is 552. The number of aryl methyl sites for hydroxylation is 1. The minimum atomic E-state index is -0.461. The van der Waals surface area contributed by atoms with Gasteiger partial charge in [-0.3, -0.25) is 0 Å². The van der Waals surface area contributed by atoms with Crippen molar-refractivity contribution in [3.05, 3.63) is 17.7 Å². The molecule has 0 spiro atoms. The first kappa shape index (κ1) is 12.3. The molecule has 0 atom stereocenters. The van der Waals surface area contributed by atoms with Crippen molar-refractivity contribution in [1.82, 2.24) is 15.3 Å². The lowest BCUT2D eigenvalue weighted by Gasteiger charge is -2.23. The molecule has 1 aliphatic rings. The molecule has 0 unspecified atom stereocenters. The molecule has 6 nitrogen and oxygen atoms in total. The second-order valence-electron chi connectivity index (χ2n) is 5.32. The molecule has 1 fully saturated rings. The van der Waals surface area contributed by atoms with E-state index in [-0.39, 0.29) is 0 Å². The highest BCUT2D eigenvalue weighted by Crippen LogP contribution is 2.32. The minimum Gasteiger partial charge on any atom is -0.361 e. The Labute approximate surface area is 111 Å². The number of hydrogen-bond donors (Lipinski definition) is 1. The van der Waals surface area contributed by atoms with Gasteiger partial charge in [0.05, 0.1) is 5.54 Å². The van der Waals surface area contributed by atoms with Crippen LogP contribution in [0.2, 0.25) is 0 Å². The van der Waals surface area contributed by atoms with Gasteiger partial charge in [-0.25, -0.2) is 0 Å². The molecule has 1 saturated carbocycles. The number of aromatic nitrogens is 3. The summed E-state index contributed by atoms with van der Waals surface area (Å²) < 4.78 is 10.3. The van der Waals surface area contributed by atoms with Gasteiger partial charge in [-0.15, -0.1) is 0 Å². The predicted molar refractivity (Wildman–Crippen MR) is 68.1 cm³/mol. The molecule has 2 aromatic heterocycles. The Morgan fingerprint density at radius 2 is 1.84 bits per heavy atom. The summed E-state index contributed by atoms with van der Waals surface area (Å²) in [6, 6.07) is 1.77. The van der Waals surface area contributed by atoms with Crippen LogP contribution < -0.4 is 5.73 Å². The second kappa shape index (κ2) is 4.77. The molecule has 0 aliphatic heterocycles. The maximum atomic E-state index is 6.45. The molecule has 19 heavy (non-hydrogen) atoms. The summed E-state index contributed by atoms with van der Waals surface area (Å²) in [6.45, 7) is 1.82. The maximum absolute atomic E-state index is 6.45. The van der Waals surface area contributed by atoms with Crippen LogP contribution in [0.15, 0.2) is 15.1 Å². The highest BCUT2D eigenvalue weighted by atomic mass is 16.5. The normalized spacial score (nSPS) is 19.3. The maximum Gasteiger partial charge on any atom is 0.280 e. The first-order valence-electron chi connectivity index (χ1n) is 6.74. The monoisotopic (exact) mass is 262 g/mol. The van der Waals surface area contributed by atoms with E-state index in [1.807, 2.05) is 6.92 Å². The van der Waals surface area contributed by atoms with E-state index in [0.29, 0.717) is 23.2 Å². The number of rotatable bonds is 2. The lowest BCUT2D eigenvalue weighted by atomic mass is 9.91. The third-order valence-corrected chi connectivity index (χ3v) is 3.71. The van der Waals surface area contributed by atoms with Gasteiger partial charge in [0.15, 0.2) is 11.5 Å². The molecule has 0 amide bonds. The van der Waals surface area contributed by atoms with E-state index in [4.69, 9.17) is 14.8 Å². The zero-order chi connectivity index (χ0) is 13.3. The van der Waals surface area contributed by atoms with Gasteiger partial charge in [0.1, 0.15) is 5.76 Å². The van der Waals surface area contributed by atoms with Gasteiger partial charge in [0, 0.05) is 6.07 Å². The highest BCUT2D eigenvalue weighted by molar-refractivity contribution is 5.45. The van der Waals surface area contributed by atoms with Crippen molar-refractivity contribution in [1.29, 1.82) is 0 Å². The summed E-state index contributed by atoms with van der Waals surface area (Å²) in [5, 5.41) is 7.92. The van der Waals surface area contributed by atoms with Gasteiger partial charge in [-0.05, 0) is 19.8 Å². The molecule has 0 radical (unpaired) electrons. The van der Waals surface area contributed by atoms with E-state index in [2.05, 4.69) is 15.3 Å². The lowest BCUT2D eigenvalue weighted by Crippen LogP contribution is -2.37. The van der Waals surface area contributed by atoms with Crippen molar-refractivity contribution < 1.29 is 9.05 Å². The van der Waals surface area contributed by atoms with Crippen LogP contribution >= 0.6 is 0 Å². The topological polar surface area (TPSA) is 91.0 Å². The van der Waals surface area contributed by atoms with Crippen LogP contribution in [0.5, 0.6) is 0 Å². The second-order valence-corrected chi connectivity index (χ2v) is 5.32. The molecule has 6 heteroatoms. The molecular formula is C13H18N4O2. The smallest absolute Gasteiger partial charge is 0.280 e. The van der Waals surface area contributed by atoms with Crippen LogP contribution in [0, 0.1) is 6.92 Å². The minimum absolute atomic E-state index is 0.376. The van der Waals surface area contributed by atoms with Crippen molar-refractivity contribution in [3.8, 4) is 11.6 Å². The van der Waals surface area contributed by atoms with Gasteiger partial charge in [0.25, 0.3) is 5.89 Å². The third-order valence-electron chi connectivity index (χ3n) is 3.71. The van der Waals surface area contributed by atoms with Crippen LogP contribution in [0.4, 0.5) is 0 Å². The molecule has 2 N–H and O–H groups in total. The third kappa shape index (κ3) is 2.40. The van der Waals surface area contributed by atoms with E-state index >= 15 is 0 Å². The average Bonchev–Trinajstić information content (AvgIpc) is 2.97. The largest absolute Gasteiger partial charge is 0.361 e. The standard InChI is InChI=1S/C13H18N4O2/c1-9-8-10(16-18-9)11-15-12(17-19-11)13(14)6-4-2-3-5-7-13/h8H,2-7,14H2,1H3. The average molecular weight is 262 g/mol. The Morgan fingerprint density at radius 1 is 1.11 bits per heavy atom. The van der Waals surface area contributed by atoms with Gasteiger partial charge in [-0.1, -0.05) is 36.0 Å². The summed E-state index contributed by atoms with van der Waals surface area (Å²) in [4.78, 5) is 4.41. The zero-order valence-electron chi connectivity index (χ0n) is 11.1. The predicted octanol–water partition coefficient (Wildman–Crippen LogP) is 2.54. The van der Waals surface area contributed by atoms with E-state index in [1.54, 1.807) is 6.07 Å². The van der Waals surface area contributed by atoms with Gasteiger partial charge in [-0.2, -0.15) is 4.98 Å². The summed E-state index contributed by atoms with van der Waals surface area (Å²) in [5.41, 5.74) is 6.55. The molecule has 1 aliphatic carbocycles. The van der Waals surface area contributed by atoms with Crippen LogP contribution in [0.1, 0.15) is 50.1 Å². The van der Waals surface area contributed by atoms with E-state index < -0.39 is 5.54 Å². The number of nitrogens with two attached hydrogens (primary N) is 1. The highest BCUT2D eigenvalue weighted by Gasteiger charge is 2.33. The van der Waals surface area contributed by atoms with Crippen molar-refractivity contribution in [2.75, 3.05) is 0 Å². The molecule has 3 rings (SSSR count). The molecule has 2 heterocycles. The fraction of sp³-hybridized carbons (Fsp3) is 0.615. The fourth-order valence-electron chi connectivity index (χ4n) is 2.58. The SMILES string of the molecule is Cc1cc(-c2nc(C3(N)CCCCCC3)no2)no1. The fourth-order valence-corrected chi connectivity index (χ4v) is 2.58. The number of nitrogens with zero attached hydrogens (tertiary/aromatic N) is 3. The summed E-state index contributed by atoms with van der Waals surface area (Å²) >= 11 is 0. The Kier molecular flexibility index (Phi) is 3.10.